The Kier molecular flexibility index (Phi) is 10.6. The molecule has 4 rings (SSSR count). The third kappa shape index (κ3) is 8.34. The zero-order valence-electron chi connectivity index (χ0n) is 23.6. The second kappa shape index (κ2) is 14.5. The van der Waals surface area contributed by atoms with Crippen LogP contribution in [0.15, 0.2) is 72.8 Å². The molecule has 0 bridgehead atoms. The molecule has 0 amide bonds. The lowest BCUT2D eigenvalue weighted by Gasteiger charge is -2.41. The van der Waals surface area contributed by atoms with Crippen LogP contribution in [0.2, 0.25) is 0 Å². The summed E-state index contributed by atoms with van der Waals surface area (Å²) in [5.74, 6) is -4.06. The van der Waals surface area contributed by atoms with Crippen LogP contribution in [0.1, 0.15) is 34.8 Å². The first-order valence-corrected chi connectivity index (χ1v) is 13.6. The number of carbonyl (C=O) groups excluding carboxylic acids is 3. The number of rotatable bonds is 11. The van der Waals surface area contributed by atoms with Crippen molar-refractivity contribution in [3.8, 4) is 23.0 Å². The molecule has 5 atom stereocenters. The average Bonchev–Trinajstić information content (AvgIpc) is 3.01. The standard InChI is InChI=1S/C32H32O12/c1-18(33)7-8-20-9-12-22(13-10-20)42-32-30(44-31(40)21-15-23(34)27(37)24(35)16-21)29(39)28(38)25(43-32)17-41-26(36)14-11-19-5-3-2-4-6-19/h2-6,9-16,25,28-30,32,34-35,37-39H,7-8,17H2,1H3/t25-,28-,29+,30-,32-/m0/s1. The monoisotopic (exact) mass is 608 g/mol. The number of hydrogen-bond donors (Lipinski definition) is 5. The summed E-state index contributed by atoms with van der Waals surface area (Å²) in [5.41, 5.74) is 1.24. The average molecular weight is 609 g/mol. The van der Waals surface area contributed by atoms with E-state index < -0.39 is 66.5 Å². The Morgan fingerprint density at radius 3 is 2.20 bits per heavy atom. The predicted molar refractivity (Wildman–Crippen MR) is 154 cm³/mol. The molecule has 0 unspecified atom stereocenters. The number of phenolic OH excluding ortho intramolecular Hbond substituents is 3. The number of ketones is 1. The Morgan fingerprint density at radius 2 is 1.57 bits per heavy atom. The molecule has 3 aromatic rings. The third-order valence-electron chi connectivity index (χ3n) is 6.74. The summed E-state index contributed by atoms with van der Waals surface area (Å²) in [5, 5.41) is 50.9. The summed E-state index contributed by atoms with van der Waals surface area (Å²) in [7, 11) is 0. The molecule has 0 aromatic heterocycles. The molecule has 1 fully saturated rings. The van der Waals surface area contributed by atoms with E-state index in [1.54, 1.807) is 48.5 Å². The Labute approximate surface area is 252 Å². The van der Waals surface area contributed by atoms with Crippen molar-refractivity contribution in [3.63, 3.8) is 0 Å². The minimum atomic E-state index is -1.80. The first-order chi connectivity index (χ1) is 21.0. The van der Waals surface area contributed by atoms with Gasteiger partial charge < -0.3 is 49.3 Å². The summed E-state index contributed by atoms with van der Waals surface area (Å²) in [4.78, 5) is 36.5. The third-order valence-corrected chi connectivity index (χ3v) is 6.74. The lowest BCUT2D eigenvalue weighted by Crippen LogP contribution is -2.61. The van der Waals surface area contributed by atoms with Crippen molar-refractivity contribution < 1.29 is 58.9 Å². The van der Waals surface area contributed by atoms with Crippen LogP contribution in [0, 0.1) is 0 Å². The van der Waals surface area contributed by atoms with Gasteiger partial charge in [0.1, 0.15) is 36.5 Å². The summed E-state index contributed by atoms with van der Waals surface area (Å²) >= 11 is 0. The largest absolute Gasteiger partial charge is 0.504 e. The van der Waals surface area contributed by atoms with Crippen molar-refractivity contribution >= 4 is 23.8 Å². The molecule has 0 saturated carbocycles. The molecule has 0 radical (unpaired) electrons. The van der Waals surface area contributed by atoms with Gasteiger partial charge in [-0.05, 0) is 54.8 Å². The highest BCUT2D eigenvalue weighted by Gasteiger charge is 2.48. The topological polar surface area (TPSA) is 189 Å². The van der Waals surface area contributed by atoms with Gasteiger partial charge in [-0.25, -0.2) is 9.59 Å². The fourth-order valence-electron chi connectivity index (χ4n) is 4.31. The van der Waals surface area contributed by atoms with E-state index >= 15 is 0 Å². The van der Waals surface area contributed by atoms with E-state index in [0.29, 0.717) is 12.8 Å². The van der Waals surface area contributed by atoms with Gasteiger partial charge in [-0.15, -0.1) is 0 Å². The van der Waals surface area contributed by atoms with Crippen molar-refractivity contribution in [1.29, 1.82) is 0 Å². The van der Waals surface area contributed by atoms with E-state index in [4.69, 9.17) is 18.9 Å². The number of carbonyl (C=O) groups is 3. The van der Waals surface area contributed by atoms with E-state index in [1.807, 2.05) is 6.07 Å². The highest BCUT2D eigenvalue weighted by Crippen LogP contribution is 2.36. The van der Waals surface area contributed by atoms with Crippen molar-refractivity contribution in [2.24, 2.45) is 0 Å². The van der Waals surface area contributed by atoms with E-state index in [-0.39, 0.29) is 17.1 Å². The Balaban J connectivity index is 1.50. The van der Waals surface area contributed by atoms with E-state index in [9.17, 15) is 39.9 Å². The molecule has 5 N–H and O–H groups in total. The van der Waals surface area contributed by atoms with E-state index in [0.717, 1.165) is 23.3 Å². The molecule has 1 heterocycles. The van der Waals surface area contributed by atoms with Crippen molar-refractivity contribution in [1.82, 2.24) is 0 Å². The SMILES string of the molecule is CC(=O)CCc1ccc(O[C@H]2O[C@@H](COC(=O)C=Cc3ccccc3)[C@H](O)[C@@H](O)[C@@H]2OC(=O)c2cc(O)c(O)c(O)c2)cc1. The second-order valence-electron chi connectivity index (χ2n) is 10.1. The molecule has 1 saturated heterocycles. The number of aliphatic hydroxyl groups excluding tert-OH is 2. The summed E-state index contributed by atoms with van der Waals surface area (Å²) in [6.07, 6.45) is -4.36. The van der Waals surface area contributed by atoms with Gasteiger partial charge in [-0.1, -0.05) is 42.5 Å². The van der Waals surface area contributed by atoms with Crippen LogP contribution in [0.3, 0.4) is 0 Å². The number of aliphatic hydroxyl groups is 2. The van der Waals surface area contributed by atoms with Crippen molar-refractivity contribution in [2.75, 3.05) is 6.61 Å². The molecule has 12 nitrogen and oxygen atoms in total. The van der Waals surface area contributed by atoms with Crippen LogP contribution in [0.25, 0.3) is 6.08 Å². The van der Waals surface area contributed by atoms with Crippen LogP contribution >= 0.6 is 0 Å². The lowest BCUT2D eigenvalue weighted by molar-refractivity contribution is -0.277. The molecule has 232 valence electrons. The van der Waals surface area contributed by atoms with E-state index in [2.05, 4.69) is 0 Å². The van der Waals surface area contributed by atoms with Crippen molar-refractivity contribution in [3.05, 3.63) is 89.5 Å². The number of hydrogen-bond acceptors (Lipinski definition) is 12. The first-order valence-electron chi connectivity index (χ1n) is 13.6. The van der Waals surface area contributed by atoms with Crippen LogP contribution in [-0.4, -0.2) is 80.6 Å². The number of phenols is 3. The summed E-state index contributed by atoms with van der Waals surface area (Å²) in [6, 6.07) is 17.3. The van der Waals surface area contributed by atoms with Gasteiger partial charge in [0.05, 0.1) is 5.56 Å². The summed E-state index contributed by atoms with van der Waals surface area (Å²) in [6.45, 7) is 1.01. The second-order valence-corrected chi connectivity index (χ2v) is 10.1. The molecule has 12 heteroatoms. The van der Waals surface area contributed by atoms with Gasteiger partial charge in [-0.2, -0.15) is 0 Å². The fourth-order valence-corrected chi connectivity index (χ4v) is 4.31. The minimum absolute atomic E-state index is 0.0377. The molecule has 44 heavy (non-hydrogen) atoms. The summed E-state index contributed by atoms with van der Waals surface area (Å²) < 4.78 is 22.3. The van der Waals surface area contributed by atoms with Crippen LogP contribution < -0.4 is 4.74 Å². The van der Waals surface area contributed by atoms with Gasteiger partial charge in [0.15, 0.2) is 23.4 Å². The number of Topliss-reactive ketones (excluding diaryl/α,β-unsaturated/α-hetero) is 1. The van der Waals surface area contributed by atoms with Gasteiger partial charge in [0.25, 0.3) is 0 Å². The maximum absolute atomic E-state index is 12.9. The Hall–Kier alpha value is -4.91. The molecule has 3 aromatic carbocycles. The van der Waals surface area contributed by atoms with Gasteiger partial charge in [-0.3, -0.25) is 0 Å². The number of aromatic hydroxyl groups is 3. The quantitative estimate of drug-likeness (QED) is 0.122. The number of esters is 2. The normalized spacial score (nSPS) is 21.5. The zero-order chi connectivity index (χ0) is 31.8. The maximum atomic E-state index is 12.9. The number of benzene rings is 3. The van der Waals surface area contributed by atoms with Crippen molar-refractivity contribution in [2.45, 2.75) is 50.5 Å². The Morgan fingerprint density at radius 1 is 0.909 bits per heavy atom. The van der Waals surface area contributed by atoms with Crippen LogP contribution in [-0.2, 0) is 30.2 Å². The Bertz CT molecular complexity index is 1460. The smallest absolute Gasteiger partial charge is 0.339 e. The van der Waals surface area contributed by atoms with Gasteiger partial charge in [0.2, 0.25) is 6.29 Å². The molecule has 1 aliphatic heterocycles. The number of aryl methyl sites for hydroxylation is 1. The molecular weight excluding hydrogens is 576 g/mol. The first kappa shape index (κ1) is 32.0. The minimum Gasteiger partial charge on any atom is -0.504 e. The lowest BCUT2D eigenvalue weighted by atomic mass is 9.99. The molecule has 1 aliphatic rings. The molecule has 0 aliphatic carbocycles. The highest BCUT2D eigenvalue weighted by atomic mass is 16.7. The zero-order valence-corrected chi connectivity index (χ0v) is 23.6. The van der Waals surface area contributed by atoms with E-state index in [1.165, 1.54) is 19.1 Å². The predicted octanol–water partition coefficient (Wildman–Crippen LogP) is 2.63. The van der Waals surface area contributed by atoms with Crippen LogP contribution in [0.4, 0.5) is 0 Å². The highest BCUT2D eigenvalue weighted by molar-refractivity contribution is 5.91. The maximum Gasteiger partial charge on any atom is 0.339 e. The fraction of sp³-hybridized carbons (Fsp3) is 0.281. The van der Waals surface area contributed by atoms with Gasteiger partial charge >= 0.3 is 11.9 Å². The van der Waals surface area contributed by atoms with Gasteiger partial charge in [0, 0.05) is 12.5 Å². The van der Waals surface area contributed by atoms with Crippen LogP contribution in [0.5, 0.6) is 23.0 Å². The molecular formula is C32H32O12. The molecule has 0 spiro atoms. The number of ether oxygens (including phenoxy) is 4.